The lowest BCUT2D eigenvalue weighted by atomic mass is 10.1. The Hall–Kier alpha value is -1.81. The van der Waals surface area contributed by atoms with Crippen LogP contribution in [0, 0.1) is 6.92 Å². The Kier molecular flexibility index (Phi) is 4.79. The number of aryl methyl sites for hydroxylation is 1. The molecule has 0 aliphatic carbocycles. The van der Waals surface area contributed by atoms with Gasteiger partial charge in [-0.25, -0.2) is 4.79 Å². The Bertz CT molecular complexity index is 510. The summed E-state index contributed by atoms with van der Waals surface area (Å²) in [6, 6.07) is 6.04. The highest BCUT2D eigenvalue weighted by atomic mass is 16.5. The van der Waals surface area contributed by atoms with Crippen molar-refractivity contribution in [1.29, 1.82) is 0 Å². The van der Waals surface area contributed by atoms with E-state index in [4.69, 9.17) is 9.84 Å². The van der Waals surface area contributed by atoms with Gasteiger partial charge < -0.3 is 14.7 Å². The second-order valence-corrected chi connectivity index (χ2v) is 5.20. The SMILES string of the molecule is Cc1cc(C=CC(=O)O)ccc1N1CCCOC(C)C1. The van der Waals surface area contributed by atoms with Crippen LogP contribution in [0.5, 0.6) is 0 Å². The third kappa shape index (κ3) is 3.84. The third-order valence-corrected chi connectivity index (χ3v) is 3.43. The summed E-state index contributed by atoms with van der Waals surface area (Å²) in [5.41, 5.74) is 3.27. The maximum atomic E-state index is 10.5. The number of ether oxygens (including phenoxy) is 1. The van der Waals surface area contributed by atoms with Crippen molar-refractivity contribution in [1.82, 2.24) is 0 Å². The van der Waals surface area contributed by atoms with Crippen molar-refractivity contribution >= 4 is 17.7 Å². The second-order valence-electron chi connectivity index (χ2n) is 5.20. The predicted octanol–water partition coefficient (Wildman–Crippen LogP) is 2.71. The highest BCUT2D eigenvalue weighted by Crippen LogP contribution is 2.24. The van der Waals surface area contributed by atoms with Gasteiger partial charge in [-0.2, -0.15) is 0 Å². The van der Waals surface area contributed by atoms with E-state index in [2.05, 4.69) is 24.8 Å². The molecule has 0 spiro atoms. The lowest BCUT2D eigenvalue weighted by molar-refractivity contribution is -0.131. The first-order valence-corrected chi connectivity index (χ1v) is 6.94. The molecule has 1 aromatic carbocycles. The Morgan fingerprint density at radius 2 is 2.30 bits per heavy atom. The normalized spacial score (nSPS) is 20.1. The molecule has 1 aliphatic rings. The van der Waals surface area contributed by atoms with E-state index < -0.39 is 5.97 Å². The molecule has 0 radical (unpaired) electrons. The average Bonchev–Trinajstić information content (AvgIpc) is 2.61. The summed E-state index contributed by atoms with van der Waals surface area (Å²) < 4.78 is 5.66. The number of benzene rings is 1. The van der Waals surface area contributed by atoms with Gasteiger partial charge in [0, 0.05) is 31.5 Å². The van der Waals surface area contributed by atoms with Gasteiger partial charge in [0.1, 0.15) is 0 Å². The number of hydrogen-bond acceptors (Lipinski definition) is 3. The zero-order valence-corrected chi connectivity index (χ0v) is 12.0. The molecule has 1 aromatic rings. The molecule has 1 atom stereocenters. The predicted molar refractivity (Wildman–Crippen MR) is 80.1 cm³/mol. The Morgan fingerprint density at radius 1 is 1.50 bits per heavy atom. The van der Waals surface area contributed by atoms with Gasteiger partial charge in [0.05, 0.1) is 6.10 Å². The van der Waals surface area contributed by atoms with E-state index in [9.17, 15) is 4.79 Å². The van der Waals surface area contributed by atoms with Crippen molar-refractivity contribution in [2.45, 2.75) is 26.4 Å². The van der Waals surface area contributed by atoms with E-state index in [1.807, 2.05) is 12.1 Å². The van der Waals surface area contributed by atoms with Crippen molar-refractivity contribution in [3.8, 4) is 0 Å². The number of anilines is 1. The summed E-state index contributed by atoms with van der Waals surface area (Å²) in [5.74, 6) is -0.926. The maximum absolute atomic E-state index is 10.5. The number of hydrogen-bond donors (Lipinski definition) is 1. The number of carbonyl (C=O) groups is 1. The van der Waals surface area contributed by atoms with E-state index in [0.717, 1.165) is 43.3 Å². The first-order valence-electron chi connectivity index (χ1n) is 6.94. The highest BCUT2D eigenvalue weighted by Gasteiger charge is 2.16. The molecule has 1 heterocycles. The van der Waals surface area contributed by atoms with Crippen LogP contribution < -0.4 is 4.90 Å². The van der Waals surface area contributed by atoms with Crippen LogP contribution in [0.4, 0.5) is 5.69 Å². The van der Waals surface area contributed by atoms with Gasteiger partial charge in [-0.05, 0) is 49.6 Å². The van der Waals surface area contributed by atoms with Gasteiger partial charge >= 0.3 is 5.97 Å². The molecule has 1 fully saturated rings. The molecule has 20 heavy (non-hydrogen) atoms. The van der Waals surface area contributed by atoms with E-state index in [1.165, 1.54) is 5.69 Å². The molecule has 1 saturated heterocycles. The number of rotatable bonds is 3. The molecule has 4 heteroatoms. The Morgan fingerprint density at radius 3 is 3.00 bits per heavy atom. The average molecular weight is 275 g/mol. The molecule has 0 amide bonds. The smallest absolute Gasteiger partial charge is 0.328 e. The summed E-state index contributed by atoms with van der Waals surface area (Å²) in [4.78, 5) is 12.9. The fraction of sp³-hybridized carbons (Fsp3) is 0.438. The van der Waals surface area contributed by atoms with Crippen molar-refractivity contribution in [2.75, 3.05) is 24.6 Å². The van der Waals surface area contributed by atoms with Crippen molar-refractivity contribution in [3.63, 3.8) is 0 Å². The lowest BCUT2D eigenvalue weighted by Crippen LogP contribution is -2.30. The van der Waals surface area contributed by atoms with Crippen LogP contribution >= 0.6 is 0 Å². The first-order chi connectivity index (χ1) is 9.56. The minimum Gasteiger partial charge on any atom is -0.478 e. The first kappa shape index (κ1) is 14.6. The van der Waals surface area contributed by atoms with Gasteiger partial charge in [0.2, 0.25) is 0 Å². The van der Waals surface area contributed by atoms with E-state index >= 15 is 0 Å². The van der Waals surface area contributed by atoms with Crippen LogP contribution in [-0.4, -0.2) is 36.9 Å². The van der Waals surface area contributed by atoms with Crippen LogP contribution in [0.3, 0.4) is 0 Å². The van der Waals surface area contributed by atoms with Gasteiger partial charge in [-0.15, -0.1) is 0 Å². The minimum absolute atomic E-state index is 0.239. The van der Waals surface area contributed by atoms with Crippen molar-refractivity contribution in [2.24, 2.45) is 0 Å². The molecule has 4 nitrogen and oxygen atoms in total. The van der Waals surface area contributed by atoms with Crippen LogP contribution in [0.25, 0.3) is 6.08 Å². The molecule has 1 unspecified atom stereocenters. The molecule has 1 aliphatic heterocycles. The summed E-state index contributed by atoms with van der Waals surface area (Å²) in [6.45, 7) is 6.86. The standard InChI is InChI=1S/C16H21NO3/c1-12-10-14(5-7-16(18)19)4-6-15(12)17-8-3-9-20-13(2)11-17/h4-7,10,13H,3,8-9,11H2,1-2H3,(H,18,19). The fourth-order valence-corrected chi connectivity index (χ4v) is 2.52. The molecule has 0 saturated carbocycles. The fourth-order valence-electron chi connectivity index (χ4n) is 2.52. The summed E-state index contributed by atoms with van der Waals surface area (Å²) in [5, 5.41) is 8.65. The Labute approximate surface area is 119 Å². The molecular formula is C16H21NO3. The van der Waals surface area contributed by atoms with Gasteiger partial charge in [-0.3, -0.25) is 0 Å². The number of carboxylic acids is 1. The topological polar surface area (TPSA) is 49.8 Å². The van der Waals surface area contributed by atoms with Crippen LogP contribution in [0.1, 0.15) is 24.5 Å². The summed E-state index contributed by atoms with van der Waals surface area (Å²) in [6.07, 6.45) is 4.05. The second kappa shape index (κ2) is 6.57. The zero-order valence-electron chi connectivity index (χ0n) is 12.0. The molecular weight excluding hydrogens is 254 g/mol. The summed E-state index contributed by atoms with van der Waals surface area (Å²) >= 11 is 0. The monoisotopic (exact) mass is 275 g/mol. The van der Waals surface area contributed by atoms with Gasteiger partial charge in [0.25, 0.3) is 0 Å². The zero-order chi connectivity index (χ0) is 14.5. The van der Waals surface area contributed by atoms with E-state index in [1.54, 1.807) is 6.08 Å². The number of nitrogens with zero attached hydrogens (tertiary/aromatic N) is 1. The number of aliphatic carboxylic acids is 1. The van der Waals surface area contributed by atoms with Crippen LogP contribution in [-0.2, 0) is 9.53 Å². The van der Waals surface area contributed by atoms with Crippen LogP contribution in [0.2, 0.25) is 0 Å². The minimum atomic E-state index is -0.926. The van der Waals surface area contributed by atoms with E-state index in [-0.39, 0.29) is 6.10 Å². The molecule has 108 valence electrons. The number of carboxylic acid groups (broad SMARTS) is 1. The summed E-state index contributed by atoms with van der Waals surface area (Å²) in [7, 11) is 0. The van der Waals surface area contributed by atoms with Crippen LogP contribution in [0.15, 0.2) is 24.3 Å². The van der Waals surface area contributed by atoms with Crippen molar-refractivity contribution in [3.05, 3.63) is 35.4 Å². The van der Waals surface area contributed by atoms with E-state index in [0.29, 0.717) is 0 Å². The third-order valence-electron chi connectivity index (χ3n) is 3.43. The molecule has 1 N–H and O–H groups in total. The Balaban J connectivity index is 2.18. The quantitative estimate of drug-likeness (QED) is 0.862. The molecule has 0 bridgehead atoms. The van der Waals surface area contributed by atoms with Crippen molar-refractivity contribution < 1.29 is 14.6 Å². The maximum Gasteiger partial charge on any atom is 0.328 e. The molecule has 0 aromatic heterocycles. The highest BCUT2D eigenvalue weighted by molar-refractivity contribution is 5.85. The molecule has 2 rings (SSSR count). The van der Waals surface area contributed by atoms with Gasteiger partial charge in [0.15, 0.2) is 0 Å². The lowest BCUT2D eigenvalue weighted by Gasteiger charge is -2.26. The van der Waals surface area contributed by atoms with Gasteiger partial charge in [-0.1, -0.05) is 6.07 Å². The largest absolute Gasteiger partial charge is 0.478 e.